The minimum atomic E-state index is 0.800. The first-order valence-corrected chi connectivity index (χ1v) is 5.21. The van der Waals surface area contributed by atoms with Crippen LogP contribution in [0.4, 0.5) is 0 Å². The minimum Gasteiger partial charge on any atom is -0.306 e. The van der Waals surface area contributed by atoms with Crippen molar-refractivity contribution in [3.63, 3.8) is 0 Å². The summed E-state index contributed by atoms with van der Waals surface area (Å²) in [6.07, 6.45) is 2.71. The molecule has 0 bridgehead atoms. The van der Waals surface area contributed by atoms with Crippen LogP contribution >= 0.6 is 0 Å². The van der Waals surface area contributed by atoms with E-state index < -0.39 is 0 Å². The Bertz CT molecular complexity index is 97.2. The van der Waals surface area contributed by atoms with E-state index in [2.05, 4.69) is 39.6 Å². The van der Waals surface area contributed by atoms with Crippen LogP contribution in [0.1, 0.15) is 40.5 Å². The third kappa shape index (κ3) is 8.06. The van der Waals surface area contributed by atoms with Crippen molar-refractivity contribution in [2.45, 2.75) is 40.5 Å². The van der Waals surface area contributed by atoms with Gasteiger partial charge in [-0.15, -0.1) is 0 Å². The van der Waals surface area contributed by atoms with Crippen molar-refractivity contribution in [3.05, 3.63) is 0 Å². The first-order chi connectivity index (χ1) is 5.52. The molecule has 12 heavy (non-hydrogen) atoms. The predicted octanol–water partition coefficient (Wildman–Crippen LogP) is 3.01. The van der Waals surface area contributed by atoms with Crippen molar-refractivity contribution in [2.24, 2.45) is 11.8 Å². The van der Waals surface area contributed by atoms with Crippen LogP contribution in [0.5, 0.6) is 0 Å². The smallest absolute Gasteiger partial charge is 0.000133 e. The van der Waals surface area contributed by atoms with Gasteiger partial charge in [0.05, 0.1) is 0 Å². The highest BCUT2D eigenvalue weighted by Crippen LogP contribution is 2.05. The molecule has 0 atom stereocenters. The molecule has 0 saturated carbocycles. The van der Waals surface area contributed by atoms with Gasteiger partial charge in [-0.05, 0) is 38.3 Å². The van der Waals surface area contributed by atoms with Crippen molar-refractivity contribution >= 4 is 0 Å². The van der Waals surface area contributed by atoms with Crippen LogP contribution in [0.2, 0.25) is 0 Å². The fraction of sp³-hybridized carbons (Fsp3) is 1.00. The fourth-order valence-electron chi connectivity index (χ4n) is 1.48. The molecule has 0 aliphatic carbocycles. The molecule has 0 fully saturated rings. The molecule has 1 nitrogen and oxygen atoms in total. The normalized spacial score (nSPS) is 12.0. The molecular weight excluding hydrogens is 146 g/mol. The second-order valence-corrected chi connectivity index (χ2v) is 4.69. The van der Waals surface area contributed by atoms with E-state index >= 15 is 0 Å². The SMILES string of the molecule is CC(C)CCCN(C)CC(C)C. The lowest BCUT2D eigenvalue weighted by Gasteiger charge is -2.19. The van der Waals surface area contributed by atoms with E-state index in [0.29, 0.717) is 0 Å². The van der Waals surface area contributed by atoms with Gasteiger partial charge in [-0.25, -0.2) is 0 Å². The van der Waals surface area contributed by atoms with E-state index in [4.69, 9.17) is 0 Å². The predicted molar refractivity (Wildman–Crippen MR) is 56.4 cm³/mol. The maximum absolute atomic E-state index is 2.44. The van der Waals surface area contributed by atoms with Gasteiger partial charge in [0.15, 0.2) is 0 Å². The zero-order valence-corrected chi connectivity index (χ0v) is 9.43. The highest BCUT2D eigenvalue weighted by molar-refractivity contribution is 4.55. The van der Waals surface area contributed by atoms with Crippen molar-refractivity contribution in [1.29, 1.82) is 0 Å². The zero-order chi connectivity index (χ0) is 9.56. The zero-order valence-electron chi connectivity index (χ0n) is 9.43. The summed E-state index contributed by atoms with van der Waals surface area (Å²) < 4.78 is 0. The van der Waals surface area contributed by atoms with E-state index in [1.165, 1.54) is 25.9 Å². The summed E-state index contributed by atoms with van der Waals surface area (Å²) in [5.74, 6) is 1.66. The van der Waals surface area contributed by atoms with Gasteiger partial charge in [0.25, 0.3) is 0 Å². The average Bonchev–Trinajstić information content (AvgIpc) is 1.84. The van der Waals surface area contributed by atoms with Gasteiger partial charge in [-0.3, -0.25) is 0 Å². The topological polar surface area (TPSA) is 3.24 Å². The molecule has 0 N–H and O–H groups in total. The Kier molecular flexibility index (Phi) is 6.45. The Morgan fingerprint density at radius 1 is 1.00 bits per heavy atom. The summed E-state index contributed by atoms with van der Waals surface area (Å²) in [6, 6.07) is 0. The van der Waals surface area contributed by atoms with Crippen LogP contribution in [0.15, 0.2) is 0 Å². The number of nitrogens with zero attached hydrogens (tertiary/aromatic N) is 1. The molecule has 74 valence electrons. The lowest BCUT2D eigenvalue weighted by Crippen LogP contribution is -2.24. The van der Waals surface area contributed by atoms with Crippen LogP contribution in [-0.4, -0.2) is 25.0 Å². The summed E-state index contributed by atoms with van der Waals surface area (Å²) in [6.45, 7) is 11.6. The number of hydrogen-bond donors (Lipinski definition) is 0. The number of rotatable bonds is 6. The molecule has 0 unspecified atom stereocenters. The van der Waals surface area contributed by atoms with E-state index in [1.807, 2.05) is 0 Å². The Morgan fingerprint density at radius 3 is 2.00 bits per heavy atom. The van der Waals surface area contributed by atoms with Gasteiger partial charge in [-0.1, -0.05) is 27.7 Å². The third-order valence-electron chi connectivity index (χ3n) is 2.00. The monoisotopic (exact) mass is 171 g/mol. The molecule has 0 saturated heterocycles. The van der Waals surface area contributed by atoms with Crippen molar-refractivity contribution in [2.75, 3.05) is 20.1 Å². The van der Waals surface area contributed by atoms with Crippen LogP contribution in [-0.2, 0) is 0 Å². The second-order valence-electron chi connectivity index (χ2n) is 4.69. The Hall–Kier alpha value is -0.0400. The summed E-state index contributed by atoms with van der Waals surface area (Å²) in [4.78, 5) is 2.44. The first kappa shape index (κ1) is 12.0. The quantitative estimate of drug-likeness (QED) is 0.594. The standard InChI is InChI=1S/C11H25N/c1-10(2)7-6-8-12(5)9-11(3)4/h10-11H,6-9H2,1-5H3. The van der Waals surface area contributed by atoms with E-state index in [1.54, 1.807) is 0 Å². The molecule has 1 heteroatoms. The molecule has 0 aromatic heterocycles. The van der Waals surface area contributed by atoms with Gasteiger partial charge in [0, 0.05) is 6.54 Å². The maximum Gasteiger partial charge on any atom is 0.000133 e. The van der Waals surface area contributed by atoms with Gasteiger partial charge in [0.1, 0.15) is 0 Å². The number of hydrogen-bond acceptors (Lipinski definition) is 1. The van der Waals surface area contributed by atoms with E-state index in [0.717, 1.165) is 11.8 Å². The summed E-state index contributed by atoms with van der Waals surface area (Å²) in [5, 5.41) is 0. The highest BCUT2D eigenvalue weighted by Gasteiger charge is 2.01. The van der Waals surface area contributed by atoms with Gasteiger partial charge < -0.3 is 4.90 Å². The molecule has 0 rings (SSSR count). The molecule has 0 aliphatic rings. The lowest BCUT2D eigenvalue weighted by atomic mass is 10.1. The van der Waals surface area contributed by atoms with Gasteiger partial charge in [0.2, 0.25) is 0 Å². The molecule has 0 aromatic carbocycles. The molecule has 0 aromatic rings. The molecule has 0 aliphatic heterocycles. The highest BCUT2D eigenvalue weighted by atomic mass is 15.1. The molecule has 0 spiro atoms. The van der Waals surface area contributed by atoms with Crippen LogP contribution in [0.25, 0.3) is 0 Å². The Morgan fingerprint density at radius 2 is 1.58 bits per heavy atom. The minimum absolute atomic E-state index is 0.800. The lowest BCUT2D eigenvalue weighted by molar-refractivity contribution is 0.284. The van der Waals surface area contributed by atoms with E-state index in [9.17, 15) is 0 Å². The summed E-state index contributed by atoms with van der Waals surface area (Å²) in [5.41, 5.74) is 0. The average molecular weight is 171 g/mol. The fourth-order valence-corrected chi connectivity index (χ4v) is 1.48. The maximum atomic E-state index is 2.44. The third-order valence-corrected chi connectivity index (χ3v) is 2.00. The Balaban J connectivity index is 3.25. The van der Waals surface area contributed by atoms with Gasteiger partial charge in [-0.2, -0.15) is 0 Å². The second kappa shape index (κ2) is 6.47. The molecule has 0 heterocycles. The largest absolute Gasteiger partial charge is 0.306 e. The van der Waals surface area contributed by atoms with Crippen molar-refractivity contribution in [3.8, 4) is 0 Å². The van der Waals surface area contributed by atoms with Crippen molar-refractivity contribution < 1.29 is 0 Å². The van der Waals surface area contributed by atoms with Crippen LogP contribution < -0.4 is 0 Å². The van der Waals surface area contributed by atoms with Crippen LogP contribution in [0.3, 0.4) is 0 Å². The summed E-state index contributed by atoms with van der Waals surface area (Å²) >= 11 is 0. The van der Waals surface area contributed by atoms with E-state index in [-0.39, 0.29) is 0 Å². The Labute approximate surface area is 78.1 Å². The summed E-state index contributed by atoms with van der Waals surface area (Å²) in [7, 11) is 2.22. The van der Waals surface area contributed by atoms with Gasteiger partial charge >= 0.3 is 0 Å². The van der Waals surface area contributed by atoms with Crippen molar-refractivity contribution in [1.82, 2.24) is 4.90 Å². The van der Waals surface area contributed by atoms with Crippen LogP contribution in [0, 0.1) is 11.8 Å². The first-order valence-electron chi connectivity index (χ1n) is 5.21. The molecule has 0 amide bonds. The molecule has 0 radical (unpaired) electrons. The molecular formula is C11H25N.